The average Bonchev–Trinajstić information content (AvgIpc) is 2.54. The lowest BCUT2D eigenvalue weighted by molar-refractivity contribution is -0.136. The highest BCUT2D eigenvalue weighted by Crippen LogP contribution is 2.20. The van der Waals surface area contributed by atoms with Crippen LogP contribution in [0.2, 0.25) is 0 Å². The van der Waals surface area contributed by atoms with Crippen molar-refractivity contribution in [3.63, 3.8) is 0 Å². The molecule has 104 valence electrons. The van der Waals surface area contributed by atoms with Crippen LogP contribution in [0.4, 0.5) is 0 Å². The van der Waals surface area contributed by atoms with Gasteiger partial charge in [0.05, 0.1) is 0 Å². The van der Waals surface area contributed by atoms with Crippen molar-refractivity contribution in [2.45, 2.75) is 0 Å². The van der Waals surface area contributed by atoms with Crippen LogP contribution in [0.3, 0.4) is 0 Å². The van der Waals surface area contributed by atoms with Gasteiger partial charge in [0.15, 0.2) is 6.61 Å². The smallest absolute Gasteiger partial charge is 0.349 e. The van der Waals surface area contributed by atoms with E-state index < -0.39 is 5.97 Å². The Bertz CT molecular complexity index is 751. The van der Waals surface area contributed by atoms with Gasteiger partial charge in [0.25, 0.3) is 0 Å². The molecule has 0 aliphatic heterocycles. The number of ether oxygens (including phenoxy) is 2. The molecule has 0 atom stereocenters. The molecule has 0 saturated heterocycles. The predicted octanol–water partition coefficient (Wildman–Crippen LogP) is 3.82. The van der Waals surface area contributed by atoms with Crippen molar-refractivity contribution in [3.8, 4) is 11.5 Å². The van der Waals surface area contributed by atoms with Crippen LogP contribution in [0.25, 0.3) is 10.8 Å². The van der Waals surface area contributed by atoms with E-state index in [0.717, 1.165) is 10.8 Å². The van der Waals surface area contributed by atoms with E-state index in [4.69, 9.17) is 9.47 Å². The van der Waals surface area contributed by atoms with Crippen LogP contribution in [0.15, 0.2) is 72.8 Å². The summed E-state index contributed by atoms with van der Waals surface area (Å²) in [5.74, 6) is 0.748. The van der Waals surface area contributed by atoms with Crippen molar-refractivity contribution in [2.75, 3.05) is 6.61 Å². The van der Waals surface area contributed by atoms with Crippen LogP contribution in [0, 0.1) is 0 Å². The van der Waals surface area contributed by atoms with E-state index in [1.807, 2.05) is 54.6 Å². The summed E-state index contributed by atoms with van der Waals surface area (Å²) in [4.78, 5) is 11.8. The highest BCUT2D eigenvalue weighted by Gasteiger charge is 2.06. The molecule has 0 aromatic heterocycles. The molecule has 3 rings (SSSR count). The second-order valence-electron chi connectivity index (χ2n) is 4.58. The van der Waals surface area contributed by atoms with Crippen LogP contribution in [-0.4, -0.2) is 12.6 Å². The van der Waals surface area contributed by atoms with Crippen LogP contribution in [0.1, 0.15) is 0 Å². The van der Waals surface area contributed by atoms with Gasteiger partial charge in [0, 0.05) is 0 Å². The first-order chi connectivity index (χ1) is 10.3. The average molecular weight is 278 g/mol. The summed E-state index contributed by atoms with van der Waals surface area (Å²) in [7, 11) is 0. The molecule has 0 N–H and O–H groups in total. The molecule has 0 fully saturated rings. The van der Waals surface area contributed by atoms with Crippen molar-refractivity contribution in [1.29, 1.82) is 0 Å². The number of carbonyl (C=O) groups is 1. The largest absolute Gasteiger partial charge is 0.482 e. The second kappa shape index (κ2) is 6.09. The van der Waals surface area contributed by atoms with Gasteiger partial charge in [-0.25, -0.2) is 4.79 Å². The van der Waals surface area contributed by atoms with Crippen LogP contribution in [-0.2, 0) is 4.79 Å². The molecule has 3 nitrogen and oxygen atoms in total. The number of rotatable bonds is 4. The number of carbonyl (C=O) groups excluding carboxylic acids is 1. The first-order valence-electron chi connectivity index (χ1n) is 6.68. The van der Waals surface area contributed by atoms with Gasteiger partial charge in [-0.2, -0.15) is 0 Å². The predicted molar refractivity (Wildman–Crippen MR) is 81.5 cm³/mol. The standard InChI is InChI=1S/C18H14O3/c19-18(13-20-16-8-2-1-3-9-16)21-17-11-10-14-6-4-5-7-15(14)12-17/h1-12H,13H2. The fraction of sp³-hybridized carbons (Fsp3) is 0.0556. The maximum Gasteiger partial charge on any atom is 0.349 e. The minimum absolute atomic E-state index is 0.114. The maximum absolute atomic E-state index is 11.8. The van der Waals surface area contributed by atoms with E-state index >= 15 is 0 Å². The summed E-state index contributed by atoms with van der Waals surface area (Å²) in [5.41, 5.74) is 0. The molecular formula is C18H14O3. The Morgan fingerprint density at radius 1 is 0.762 bits per heavy atom. The molecule has 0 amide bonds. The zero-order chi connectivity index (χ0) is 14.5. The van der Waals surface area contributed by atoms with Crippen LogP contribution >= 0.6 is 0 Å². The number of para-hydroxylation sites is 1. The molecule has 3 aromatic carbocycles. The zero-order valence-electron chi connectivity index (χ0n) is 11.4. The van der Waals surface area contributed by atoms with E-state index in [0.29, 0.717) is 11.5 Å². The molecule has 21 heavy (non-hydrogen) atoms. The van der Waals surface area contributed by atoms with Crippen molar-refractivity contribution in [3.05, 3.63) is 72.8 Å². The summed E-state index contributed by atoms with van der Waals surface area (Å²) < 4.78 is 10.6. The third-order valence-corrected chi connectivity index (χ3v) is 3.05. The van der Waals surface area contributed by atoms with Gasteiger partial charge in [-0.1, -0.05) is 48.5 Å². The van der Waals surface area contributed by atoms with E-state index in [9.17, 15) is 4.79 Å². The minimum Gasteiger partial charge on any atom is -0.482 e. The molecule has 0 saturated carbocycles. The quantitative estimate of drug-likeness (QED) is 0.537. The minimum atomic E-state index is -0.422. The highest BCUT2D eigenvalue weighted by atomic mass is 16.6. The van der Waals surface area contributed by atoms with E-state index in [2.05, 4.69) is 0 Å². The third-order valence-electron chi connectivity index (χ3n) is 3.05. The monoisotopic (exact) mass is 278 g/mol. The lowest BCUT2D eigenvalue weighted by Gasteiger charge is -2.07. The van der Waals surface area contributed by atoms with Crippen molar-refractivity contribution >= 4 is 16.7 Å². The van der Waals surface area contributed by atoms with Crippen LogP contribution < -0.4 is 9.47 Å². The Labute approximate surface area is 122 Å². The summed E-state index contributed by atoms with van der Waals surface area (Å²) in [6, 6.07) is 22.6. The first kappa shape index (κ1) is 13.2. The molecule has 0 aliphatic rings. The fourth-order valence-electron chi connectivity index (χ4n) is 2.05. The Morgan fingerprint density at radius 2 is 1.48 bits per heavy atom. The molecule has 0 bridgehead atoms. The fourth-order valence-corrected chi connectivity index (χ4v) is 2.05. The van der Waals surface area contributed by atoms with E-state index in [-0.39, 0.29) is 6.61 Å². The second-order valence-corrected chi connectivity index (χ2v) is 4.58. The summed E-state index contributed by atoms with van der Waals surface area (Å²) in [5, 5.41) is 2.14. The topological polar surface area (TPSA) is 35.5 Å². The Hall–Kier alpha value is -2.81. The van der Waals surface area contributed by atoms with Gasteiger partial charge in [0.1, 0.15) is 11.5 Å². The van der Waals surface area contributed by atoms with E-state index in [1.54, 1.807) is 18.2 Å². The normalized spacial score (nSPS) is 10.3. The molecule has 0 spiro atoms. The Kier molecular flexibility index (Phi) is 3.83. The van der Waals surface area contributed by atoms with Gasteiger partial charge in [-0.15, -0.1) is 0 Å². The van der Waals surface area contributed by atoms with Gasteiger partial charge in [-0.05, 0) is 35.0 Å². The molecule has 3 aromatic rings. The van der Waals surface area contributed by atoms with Crippen molar-refractivity contribution in [2.24, 2.45) is 0 Å². The zero-order valence-corrected chi connectivity index (χ0v) is 11.4. The highest BCUT2D eigenvalue weighted by molar-refractivity contribution is 5.84. The Morgan fingerprint density at radius 3 is 2.29 bits per heavy atom. The SMILES string of the molecule is O=C(COc1ccccc1)Oc1ccc2ccccc2c1. The first-order valence-corrected chi connectivity index (χ1v) is 6.68. The van der Waals surface area contributed by atoms with E-state index in [1.165, 1.54) is 0 Å². The summed E-state index contributed by atoms with van der Waals surface area (Å²) in [6.07, 6.45) is 0. The summed E-state index contributed by atoms with van der Waals surface area (Å²) in [6.45, 7) is -0.114. The maximum atomic E-state index is 11.8. The number of esters is 1. The van der Waals surface area contributed by atoms with Crippen LogP contribution in [0.5, 0.6) is 11.5 Å². The van der Waals surface area contributed by atoms with Gasteiger partial charge >= 0.3 is 5.97 Å². The number of benzene rings is 3. The number of fused-ring (bicyclic) bond motifs is 1. The van der Waals surface area contributed by atoms with Crippen molar-refractivity contribution < 1.29 is 14.3 Å². The van der Waals surface area contributed by atoms with Gasteiger partial charge in [-0.3, -0.25) is 0 Å². The molecule has 0 unspecified atom stereocenters. The lowest BCUT2D eigenvalue weighted by atomic mass is 10.1. The van der Waals surface area contributed by atoms with Gasteiger partial charge in [0.2, 0.25) is 0 Å². The number of hydrogen-bond acceptors (Lipinski definition) is 3. The number of hydrogen-bond donors (Lipinski definition) is 0. The molecule has 0 heterocycles. The Balaban J connectivity index is 1.63. The van der Waals surface area contributed by atoms with Crippen molar-refractivity contribution in [1.82, 2.24) is 0 Å². The molecule has 0 radical (unpaired) electrons. The van der Waals surface area contributed by atoms with Gasteiger partial charge < -0.3 is 9.47 Å². The lowest BCUT2D eigenvalue weighted by Crippen LogP contribution is -2.17. The summed E-state index contributed by atoms with van der Waals surface area (Å²) >= 11 is 0. The molecule has 3 heteroatoms. The molecular weight excluding hydrogens is 264 g/mol. The molecule has 0 aliphatic carbocycles. The third kappa shape index (κ3) is 3.39.